The van der Waals surface area contributed by atoms with Crippen molar-refractivity contribution in [1.29, 1.82) is 0 Å². The van der Waals surface area contributed by atoms with Crippen molar-refractivity contribution >= 4 is 28.9 Å². The maximum Gasteiger partial charge on any atom is 0.192 e. The molecule has 170 valence electrons. The van der Waals surface area contributed by atoms with E-state index >= 15 is 0 Å². The predicted molar refractivity (Wildman–Crippen MR) is 133 cm³/mol. The minimum absolute atomic E-state index is 0.0969. The Hall–Kier alpha value is -2.68. The molecule has 8 heteroatoms. The standard InChI is InChI=1S/C25H26N4O2S2/c1-17-14-21(18(2)29(17)19-8-4-3-5-9-19)22(30)16-33-25-27-26-24(23-11-7-13-32-23)28(25)15-20-10-6-12-31-20/h3-5,7-9,11,13-14,20H,6,10,12,15-16H2,1-2H3. The van der Waals surface area contributed by atoms with Crippen molar-refractivity contribution in [3.05, 3.63) is 70.9 Å². The molecule has 33 heavy (non-hydrogen) atoms. The molecule has 0 N–H and O–H groups in total. The third-order valence-corrected chi connectivity index (χ3v) is 7.78. The van der Waals surface area contributed by atoms with Gasteiger partial charge in [0.15, 0.2) is 16.8 Å². The first-order chi connectivity index (χ1) is 16.1. The van der Waals surface area contributed by atoms with E-state index in [1.807, 2.05) is 49.6 Å². The summed E-state index contributed by atoms with van der Waals surface area (Å²) in [6, 6.07) is 16.2. The number of carbonyl (C=O) groups is 1. The third-order valence-electron chi connectivity index (χ3n) is 5.95. The molecule has 4 aromatic rings. The number of thioether (sulfide) groups is 1. The monoisotopic (exact) mass is 478 g/mol. The molecule has 1 aromatic carbocycles. The van der Waals surface area contributed by atoms with Gasteiger partial charge in [0.2, 0.25) is 0 Å². The molecule has 0 spiro atoms. The van der Waals surface area contributed by atoms with Crippen molar-refractivity contribution in [3.8, 4) is 16.4 Å². The zero-order chi connectivity index (χ0) is 22.8. The zero-order valence-electron chi connectivity index (χ0n) is 18.7. The highest BCUT2D eigenvalue weighted by Crippen LogP contribution is 2.30. The lowest BCUT2D eigenvalue weighted by Crippen LogP contribution is -2.17. The lowest BCUT2D eigenvalue weighted by atomic mass is 10.2. The molecule has 0 aliphatic carbocycles. The van der Waals surface area contributed by atoms with Gasteiger partial charge in [-0.3, -0.25) is 9.36 Å². The van der Waals surface area contributed by atoms with Crippen LogP contribution in [-0.2, 0) is 11.3 Å². The van der Waals surface area contributed by atoms with Crippen LogP contribution in [-0.4, -0.2) is 43.6 Å². The van der Waals surface area contributed by atoms with Gasteiger partial charge in [0, 0.05) is 29.2 Å². The number of carbonyl (C=O) groups excluding carboxylic acids is 1. The van der Waals surface area contributed by atoms with Crippen molar-refractivity contribution in [1.82, 2.24) is 19.3 Å². The lowest BCUT2D eigenvalue weighted by Gasteiger charge is -2.14. The van der Waals surface area contributed by atoms with Crippen molar-refractivity contribution in [3.63, 3.8) is 0 Å². The van der Waals surface area contributed by atoms with Crippen molar-refractivity contribution in [2.75, 3.05) is 12.4 Å². The molecular formula is C25H26N4O2S2. The lowest BCUT2D eigenvalue weighted by molar-refractivity contribution is 0.0953. The summed E-state index contributed by atoms with van der Waals surface area (Å²) in [6.45, 7) is 5.56. The number of hydrogen-bond donors (Lipinski definition) is 0. The summed E-state index contributed by atoms with van der Waals surface area (Å²) < 4.78 is 10.1. The van der Waals surface area contributed by atoms with E-state index in [1.165, 1.54) is 11.8 Å². The second kappa shape index (κ2) is 9.67. The summed E-state index contributed by atoms with van der Waals surface area (Å²) >= 11 is 3.09. The molecule has 1 aliphatic rings. The number of hydrogen-bond acceptors (Lipinski definition) is 6. The van der Waals surface area contributed by atoms with Crippen LogP contribution < -0.4 is 0 Å². The number of ether oxygens (including phenoxy) is 1. The van der Waals surface area contributed by atoms with Crippen LogP contribution in [0.15, 0.2) is 59.1 Å². The fourth-order valence-corrected chi connectivity index (χ4v) is 5.92. The van der Waals surface area contributed by atoms with Gasteiger partial charge in [-0.2, -0.15) is 0 Å². The first kappa shape index (κ1) is 22.1. The molecule has 1 atom stereocenters. The van der Waals surface area contributed by atoms with Gasteiger partial charge in [0.25, 0.3) is 0 Å². The van der Waals surface area contributed by atoms with Crippen LogP contribution in [0, 0.1) is 13.8 Å². The predicted octanol–water partition coefficient (Wildman–Crippen LogP) is 5.57. The molecule has 6 nitrogen and oxygen atoms in total. The average Bonchev–Trinajstić information content (AvgIpc) is 3.62. The normalized spacial score (nSPS) is 15.9. The molecule has 0 amide bonds. The van der Waals surface area contributed by atoms with Gasteiger partial charge in [0.05, 0.1) is 23.3 Å². The molecule has 1 unspecified atom stereocenters. The Kier molecular flexibility index (Phi) is 6.48. The van der Waals surface area contributed by atoms with Crippen LogP contribution >= 0.6 is 23.1 Å². The van der Waals surface area contributed by atoms with Gasteiger partial charge in [0.1, 0.15) is 0 Å². The highest BCUT2D eigenvalue weighted by Gasteiger charge is 2.23. The first-order valence-corrected chi connectivity index (χ1v) is 13.0. The van der Waals surface area contributed by atoms with E-state index in [2.05, 4.69) is 37.5 Å². The fourth-order valence-electron chi connectivity index (χ4n) is 4.37. The molecule has 1 saturated heterocycles. The summed E-state index contributed by atoms with van der Waals surface area (Å²) in [4.78, 5) is 14.3. The van der Waals surface area contributed by atoms with E-state index in [1.54, 1.807) is 11.3 Å². The maximum atomic E-state index is 13.2. The highest BCUT2D eigenvalue weighted by atomic mass is 32.2. The van der Waals surface area contributed by atoms with Crippen LogP contribution in [0.5, 0.6) is 0 Å². The Balaban J connectivity index is 1.37. The van der Waals surface area contributed by atoms with E-state index in [0.717, 1.165) is 57.9 Å². The Morgan fingerprint density at radius 3 is 2.76 bits per heavy atom. The largest absolute Gasteiger partial charge is 0.376 e. The quantitative estimate of drug-likeness (QED) is 0.245. The van der Waals surface area contributed by atoms with Gasteiger partial charge in [-0.05, 0) is 56.3 Å². The maximum absolute atomic E-state index is 13.2. The number of aryl methyl sites for hydroxylation is 1. The molecular weight excluding hydrogens is 452 g/mol. The van der Waals surface area contributed by atoms with E-state index in [4.69, 9.17) is 4.74 Å². The number of rotatable bonds is 8. The Labute approximate surface area is 201 Å². The van der Waals surface area contributed by atoms with Gasteiger partial charge < -0.3 is 9.30 Å². The summed E-state index contributed by atoms with van der Waals surface area (Å²) in [5.41, 5.74) is 3.83. The van der Waals surface area contributed by atoms with E-state index in [0.29, 0.717) is 12.3 Å². The van der Waals surface area contributed by atoms with Gasteiger partial charge in [-0.25, -0.2) is 0 Å². The molecule has 1 fully saturated rings. The number of para-hydroxylation sites is 1. The summed E-state index contributed by atoms with van der Waals surface area (Å²) in [6.07, 6.45) is 2.29. The van der Waals surface area contributed by atoms with Gasteiger partial charge in [-0.15, -0.1) is 21.5 Å². The number of thiophene rings is 1. The highest BCUT2D eigenvalue weighted by molar-refractivity contribution is 7.99. The van der Waals surface area contributed by atoms with E-state index < -0.39 is 0 Å². The molecule has 0 saturated carbocycles. The van der Waals surface area contributed by atoms with Crippen molar-refractivity contribution in [2.45, 2.75) is 44.5 Å². The minimum atomic E-state index is 0.0969. The van der Waals surface area contributed by atoms with Crippen LogP contribution in [0.25, 0.3) is 16.4 Å². The molecule has 3 aromatic heterocycles. The van der Waals surface area contributed by atoms with Crippen LogP contribution in [0.1, 0.15) is 34.6 Å². The second-order valence-corrected chi connectivity index (χ2v) is 10.1. The van der Waals surface area contributed by atoms with E-state index in [9.17, 15) is 4.79 Å². The van der Waals surface area contributed by atoms with Crippen LogP contribution in [0.2, 0.25) is 0 Å². The summed E-state index contributed by atoms with van der Waals surface area (Å²) in [7, 11) is 0. The number of nitrogens with zero attached hydrogens (tertiary/aromatic N) is 4. The number of benzene rings is 1. The molecule has 0 radical (unpaired) electrons. The number of Topliss-reactive ketones (excluding diaryl/α,β-unsaturated/α-hetero) is 1. The van der Waals surface area contributed by atoms with E-state index in [-0.39, 0.29) is 11.9 Å². The first-order valence-electron chi connectivity index (χ1n) is 11.1. The van der Waals surface area contributed by atoms with Crippen LogP contribution in [0.4, 0.5) is 0 Å². The molecule has 5 rings (SSSR count). The molecule has 0 bridgehead atoms. The fraction of sp³-hybridized carbons (Fsp3) is 0.320. The zero-order valence-corrected chi connectivity index (χ0v) is 20.4. The Bertz CT molecular complexity index is 1240. The summed E-state index contributed by atoms with van der Waals surface area (Å²) in [5.74, 6) is 1.25. The number of aromatic nitrogens is 4. The smallest absolute Gasteiger partial charge is 0.192 e. The SMILES string of the molecule is Cc1cc(C(=O)CSc2nnc(-c3cccs3)n2CC2CCCO2)c(C)n1-c1ccccc1. The molecule has 4 heterocycles. The number of ketones is 1. The van der Waals surface area contributed by atoms with Gasteiger partial charge in [-0.1, -0.05) is 36.0 Å². The van der Waals surface area contributed by atoms with Crippen molar-refractivity contribution in [2.24, 2.45) is 0 Å². The topological polar surface area (TPSA) is 61.9 Å². The second-order valence-electron chi connectivity index (χ2n) is 8.20. The third kappa shape index (κ3) is 4.55. The molecule has 1 aliphatic heterocycles. The Morgan fingerprint density at radius 2 is 2.03 bits per heavy atom. The minimum Gasteiger partial charge on any atom is -0.376 e. The van der Waals surface area contributed by atoms with Gasteiger partial charge >= 0.3 is 0 Å². The average molecular weight is 479 g/mol. The van der Waals surface area contributed by atoms with Crippen LogP contribution in [0.3, 0.4) is 0 Å². The summed E-state index contributed by atoms with van der Waals surface area (Å²) in [5, 5.41) is 11.7. The van der Waals surface area contributed by atoms with Crippen molar-refractivity contribution < 1.29 is 9.53 Å². The Morgan fingerprint density at radius 1 is 1.18 bits per heavy atom.